The van der Waals surface area contributed by atoms with Gasteiger partial charge in [0.2, 0.25) is 5.91 Å². The van der Waals surface area contributed by atoms with E-state index in [0.29, 0.717) is 6.42 Å². The summed E-state index contributed by atoms with van der Waals surface area (Å²) in [5, 5.41) is 9.17. The van der Waals surface area contributed by atoms with Crippen LogP contribution in [0.15, 0.2) is 42.5 Å². The van der Waals surface area contributed by atoms with Crippen molar-refractivity contribution in [2.45, 2.75) is 71.4 Å². The maximum atomic E-state index is 13.3. The predicted molar refractivity (Wildman–Crippen MR) is 142 cm³/mol. The van der Waals surface area contributed by atoms with Gasteiger partial charge in [-0.1, -0.05) is 25.1 Å². The number of carbonyl (C=O) groups is 1. The predicted octanol–water partition coefficient (Wildman–Crippen LogP) is 5.36. The average molecular weight is 479 g/mol. The van der Waals surface area contributed by atoms with Gasteiger partial charge in [-0.05, 0) is 105 Å². The van der Waals surface area contributed by atoms with Crippen molar-refractivity contribution in [1.82, 2.24) is 4.90 Å². The molecule has 2 aromatic rings. The zero-order chi connectivity index (χ0) is 24.8. The molecule has 0 bridgehead atoms. The number of likely N-dealkylation sites (tertiary alicyclic amines) is 1. The Bertz CT molecular complexity index is 983. The molecule has 0 radical (unpaired) electrons. The van der Waals surface area contributed by atoms with Crippen molar-refractivity contribution in [3.05, 3.63) is 59.2 Å². The minimum atomic E-state index is 0.0513. The van der Waals surface area contributed by atoms with Gasteiger partial charge in [0.1, 0.15) is 5.75 Å². The van der Waals surface area contributed by atoms with E-state index in [1.807, 2.05) is 36.2 Å². The maximum Gasteiger partial charge on any atom is 0.229 e. The smallest absolute Gasteiger partial charge is 0.229 e. The third kappa shape index (κ3) is 6.86. The Balaban J connectivity index is 1.29. The first kappa shape index (κ1) is 25.7. The van der Waals surface area contributed by atoms with E-state index in [1.165, 1.54) is 37.1 Å². The van der Waals surface area contributed by atoms with Gasteiger partial charge in [0.25, 0.3) is 0 Å². The standard InChI is InChI=1S/C30H42N2O3/c1-22-6-5-16-32(20-22)21-26-9-12-27(18-23(26)2)31(3)30(34)25-10-13-28(14-11-25)35-29-8-4-7-24(19-29)15-17-33/h4,7-9,12,18-19,22,25,28,33H,5-6,10-11,13-17,20-21H2,1-3H3/t22-,25?,28?/m1/s1. The number of piperidine rings is 1. The van der Waals surface area contributed by atoms with Gasteiger partial charge in [-0.25, -0.2) is 0 Å². The summed E-state index contributed by atoms with van der Waals surface area (Å²) in [5.41, 5.74) is 4.70. The van der Waals surface area contributed by atoms with E-state index in [-0.39, 0.29) is 24.5 Å². The molecule has 1 aliphatic heterocycles. The molecule has 1 amide bonds. The van der Waals surface area contributed by atoms with E-state index < -0.39 is 0 Å². The van der Waals surface area contributed by atoms with Crippen LogP contribution in [0.1, 0.15) is 62.1 Å². The van der Waals surface area contributed by atoms with Crippen LogP contribution in [-0.2, 0) is 17.8 Å². The number of hydrogen-bond donors (Lipinski definition) is 1. The Labute approximate surface area is 211 Å². The third-order valence-electron chi connectivity index (χ3n) is 7.80. The maximum absolute atomic E-state index is 13.3. The fraction of sp³-hybridized carbons (Fsp3) is 0.567. The van der Waals surface area contributed by atoms with E-state index in [2.05, 4.69) is 36.9 Å². The first-order valence-electron chi connectivity index (χ1n) is 13.4. The molecule has 1 atom stereocenters. The number of aryl methyl sites for hydroxylation is 1. The number of amides is 1. The molecule has 4 rings (SSSR count). The van der Waals surface area contributed by atoms with Crippen molar-refractivity contribution < 1.29 is 14.6 Å². The summed E-state index contributed by atoms with van der Waals surface area (Å²) in [6, 6.07) is 14.5. The summed E-state index contributed by atoms with van der Waals surface area (Å²) < 4.78 is 6.20. The minimum Gasteiger partial charge on any atom is -0.490 e. The fourth-order valence-electron chi connectivity index (χ4n) is 5.66. The number of ether oxygens (including phenoxy) is 1. The van der Waals surface area contributed by atoms with Gasteiger partial charge in [-0.2, -0.15) is 0 Å². The zero-order valence-electron chi connectivity index (χ0n) is 21.7. The highest BCUT2D eigenvalue weighted by molar-refractivity contribution is 5.94. The SMILES string of the molecule is Cc1cc(N(C)C(=O)C2CCC(Oc3cccc(CCO)c3)CC2)ccc1CN1CCC[C@@H](C)C1. The molecule has 0 aromatic heterocycles. The monoisotopic (exact) mass is 478 g/mol. The number of nitrogens with zero attached hydrogens (tertiary/aromatic N) is 2. The molecule has 0 unspecified atom stereocenters. The highest BCUT2D eigenvalue weighted by Gasteiger charge is 2.30. The number of hydrogen-bond acceptors (Lipinski definition) is 4. The highest BCUT2D eigenvalue weighted by atomic mass is 16.5. The lowest BCUT2D eigenvalue weighted by atomic mass is 9.86. The average Bonchev–Trinajstić information content (AvgIpc) is 2.85. The van der Waals surface area contributed by atoms with Gasteiger partial charge in [0.15, 0.2) is 0 Å². The molecule has 2 aromatic carbocycles. The normalized spacial score (nSPS) is 23.1. The van der Waals surface area contributed by atoms with Crippen LogP contribution < -0.4 is 9.64 Å². The molecule has 5 nitrogen and oxygen atoms in total. The van der Waals surface area contributed by atoms with E-state index in [1.54, 1.807) is 0 Å². The molecule has 35 heavy (non-hydrogen) atoms. The van der Waals surface area contributed by atoms with Gasteiger partial charge in [-0.3, -0.25) is 9.69 Å². The number of benzene rings is 2. The van der Waals surface area contributed by atoms with E-state index in [9.17, 15) is 4.79 Å². The van der Waals surface area contributed by atoms with Gasteiger partial charge in [0, 0.05) is 38.3 Å². The summed E-state index contributed by atoms with van der Waals surface area (Å²) in [6.45, 7) is 8.03. The Morgan fingerprint density at radius 2 is 1.91 bits per heavy atom. The summed E-state index contributed by atoms with van der Waals surface area (Å²) >= 11 is 0. The third-order valence-corrected chi connectivity index (χ3v) is 7.80. The molecule has 1 saturated carbocycles. The molecule has 1 saturated heterocycles. The largest absolute Gasteiger partial charge is 0.490 e. The Hall–Kier alpha value is -2.37. The Kier molecular flexibility index (Phi) is 8.85. The summed E-state index contributed by atoms with van der Waals surface area (Å²) in [6.07, 6.45) is 6.91. The molecule has 2 fully saturated rings. The van der Waals surface area contributed by atoms with Crippen molar-refractivity contribution in [3.8, 4) is 5.75 Å². The van der Waals surface area contributed by atoms with Crippen LogP contribution in [0.3, 0.4) is 0 Å². The first-order chi connectivity index (χ1) is 16.9. The lowest BCUT2D eigenvalue weighted by Crippen LogP contribution is -2.37. The number of rotatable bonds is 8. The second kappa shape index (κ2) is 12.0. The van der Waals surface area contributed by atoms with Crippen molar-refractivity contribution in [2.24, 2.45) is 11.8 Å². The van der Waals surface area contributed by atoms with Crippen molar-refractivity contribution in [3.63, 3.8) is 0 Å². The molecule has 0 spiro atoms. The zero-order valence-corrected chi connectivity index (χ0v) is 21.7. The Morgan fingerprint density at radius 1 is 1.11 bits per heavy atom. The van der Waals surface area contributed by atoms with Gasteiger partial charge in [0.05, 0.1) is 6.10 Å². The second-order valence-corrected chi connectivity index (χ2v) is 10.7. The molecule has 1 N–H and O–H groups in total. The molecule has 5 heteroatoms. The fourth-order valence-corrected chi connectivity index (χ4v) is 5.66. The van der Waals surface area contributed by atoms with Crippen molar-refractivity contribution >= 4 is 11.6 Å². The van der Waals surface area contributed by atoms with Gasteiger partial charge in [-0.15, -0.1) is 0 Å². The van der Waals surface area contributed by atoms with Crippen molar-refractivity contribution in [2.75, 3.05) is 31.6 Å². The summed E-state index contributed by atoms with van der Waals surface area (Å²) in [4.78, 5) is 17.7. The van der Waals surface area contributed by atoms with Gasteiger partial charge >= 0.3 is 0 Å². The van der Waals surface area contributed by atoms with Crippen LogP contribution in [0.4, 0.5) is 5.69 Å². The lowest BCUT2D eigenvalue weighted by Gasteiger charge is -2.32. The minimum absolute atomic E-state index is 0.0513. The first-order valence-corrected chi connectivity index (χ1v) is 13.4. The molecule has 190 valence electrons. The van der Waals surface area contributed by atoms with Crippen LogP contribution in [0, 0.1) is 18.8 Å². The van der Waals surface area contributed by atoms with Gasteiger partial charge < -0.3 is 14.7 Å². The van der Waals surface area contributed by atoms with Crippen LogP contribution >= 0.6 is 0 Å². The molecule has 2 aliphatic rings. The topological polar surface area (TPSA) is 53.0 Å². The molecular weight excluding hydrogens is 436 g/mol. The number of aliphatic hydroxyl groups is 1. The Morgan fingerprint density at radius 3 is 2.63 bits per heavy atom. The molecular formula is C30H42N2O3. The molecule has 1 heterocycles. The second-order valence-electron chi connectivity index (χ2n) is 10.7. The van der Waals surface area contributed by atoms with Crippen LogP contribution in [-0.4, -0.2) is 48.8 Å². The van der Waals surface area contributed by atoms with Crippen molar-refractivity contribution in [1.29, 1.82) is 0 Å². The quantitative estimate of drug-likeness (QED) is 0.555. The van der Waals surface area contributed by atoms with E-state index in [0.717, 1.165) is 55.1 Å². The summed E-state index contributed by atoms with van der Waals surface area (Å²) in [5.74, 6) is 1.90. The summed E-state index contributed by atoms with van der Waals surface area (Å²) in [7, 11) is 1.92. The highest BCUT2D eigenvalue weighted by Crippen LogP contribution is 2.31. The van der Waals surface area contributed by atoms with Crippen LogP contribution in [0.25, 0.3) is 0 Å². The number of aliphatic hydroxyl groups excluding tert-OH is 1. The molecule has 1 aliphatic carbocycles. The van der Waals surface area contributed by atoms with E-state index >= 15 is 0 Å². The van der Waals surface area contributed by atoms with Crippen LogP contribution in [0.5, 0.6) is 5.75 Å². The number of anilines is 1. The van der Waals surface area contributed by atoms with E-state index in [4.69, 9.17) is 9.84 Å². The van der Waals surface area contributed by atoms with Crippen LogP contribution in [0.2, 0.25) is 0 Å². The lowest BCUT2D eigenvalue weighted by molar-refractivity contribution is -0.123. The number of carbonyl (C=O) groups excluding carboxylic acids is 1.